The summed E-state index contributed by atoms with van der Waals surface area (Å²) in [6.07, 6.45) is 1.37. The topological polar surface area (TPSA) is 44.6 Å². The largest absolute Gasteiger partial charge is 0.506 e. The van der Waals surface area contributed by atoms with E-state index in [1.54, 1.807) is 0 Å². The Hall–Kier alpha value is -1.78. The zero-order valence-electron chi connectivity index (χ0n) is 9.57. The highest BCUT2D eigenvalue weighted by Gasteiger charge is 2.05. The molecule has 19 heavy (non-hydrogen) atoms. The number of hydrazone groups is 1. The van der Waals surface area contributed by atoms with Gasteiger partial charge in [-0.2, -0.15) is 5.10 Å². The molecular weight excluding hydrogens is 290 g/mol. The number of halogens is 3. The predicted molar refractivity (Wildman–Crippen MR) is 75.7 cm³/mol. The molecule has 2 aromatic rings. The van der Waals surface area contributed by atoms with Crippen LogP contribution in [0.4, 0.5) is 10.1 Å². The normalized spacial score (nSPS) is 10.9. The van der Waals surface area contributed by atoms with Crippen molar-refractivity contribution in [1.82, 2.24) is 0 Å². The number of benzene rings is 2. The van der Waals surface area contributed by atoms with E-state index in [4.69, 9.17) is 23.2 Å². The first-order valence-electron chi connectivity index (χ1n) is 5.29. The van der Waals surface area contributed by atoms with Crippen molar-refractivity contribution in [3.8, 4) is 5.75 Å². The zero-order valence-corrected chi connectivity index (χ0v) is 11.1. The lowest BCUT2D eigenvalue weighted by molar-refractivity contribution is 0.475. The van der Waals surface area contributed by atoms with Gasteiger partial charge in [-0.25, -0.2) is 4.39 Å². The molecular formula is C13H9Cl2FN2O. The number of aromatic hydroxyl groups is 1. The maximum atomic E-state index is 12.7. The van der Waals surface area contributed by atoms with E-state index >= 15 is 0 Å². The summed E-state index contributed by atoms with van der Waals surface area (Å²) >= 11 is 11.6. The van der Waals surface area contributed by atoms with Gasteiger partial charge in [0.25, 0.3) is 0 Å². The van der Waals surface area contributed by atoms with Crippen LogP contribution < -0.4 is 5.43 Å². The molecule has 2 rings (SSSR count). The highest BCUT2D eigenvalue weighted by Crippen LogP contribution is 2.29. The van der Waals surface area contributed by atoms with E-state index in [9.17, 15) is 9.50 Å². The van der Waals surface area contributed by atoms with Gasteiger partial charge in [-0.15, -0.1) is 0 Å². The third-order valence-corrected chi connectivity index (χ3v) is 2.81. The third-order valence-electron chi connectivity index (χ3n) is 2.30. The van der Waals surface area contributed by atoms with Crippen molar-refractivity contribution in [1.29, 1.82) is 0 Å². The standard InChI is InChI=1S/C13H9Cl2FN2O/c14-9-5-8(13(19)12(15)6-9)7-17-18-11-3-1-10(16)2-4-11/h1-7,18-19H/b17-7+. The Labute approximate surface area is 119 Å². The fraction of sp³-hybridized carbons (Fsp3) is 0. The number of hydrogen-bond acceptors (Lipinski definition) is 3. The molecule has 0 saturated heterocycles. The molecule has 0 bridgehead atoms. The summed E-state index contributed by atoms with van der Waals surface area (Å²) in [5.74, 6) is -0.426. The number of anilines is 1. The van der Waals surface area contributed by atoms with Gasteiger partial charge >= 0.3 is 0 Å². The molecule has 0 radical (unpaired) electrons. The Morgan fingerprint density at radius 1 is 1.16 bits per heavy atom. The van der Waals surface area contributed by atoms with Crippen molar-refractivity contribution >= 4 is 35.1 Å². The highest BCUT2D eigenvalue weighted by molar-refractivity contribution is 6.36. The number of phenols is 1. The molecule has 0 aliphatic rings. The Balaban J connectivity index is 2.13. The van der Waals surface area contributed by atoms with Gasteiger partial charge in [0.15, 0.2) is 0 Å². The van der Waals surface area contributed by atoms with Gasteiger partial charge in [0.2, 0.25) is 0 Å². The molecule has 0 fully saturated rings. The van der Waals surface area contributed by atoms with E-state index in [0.717, 1.165) is 0 Å². The first kappa shape index (κ1) is 13.6. The number of phenolic OH excluding ortho intramolecular Hbond substituents is 1. The van der Waals surface area contributed by atoms with Gasteiger partial charge in [0.05, 0.1) is 16.9 Å². The minimum Gasteiger partial charge on any atom is -0.506 e. The van der Waals surface area contributed by atoms with Crippen LogP contribution in [-0.2, 0) is 0 Å². The van der Waals surface area contributed by atoms with Gasteiger partial charge in [0.1, 0.15) is 11.6 Å². The Bertz CT molecular complexity index is 615. The molecule has 6 heteroatoms. The van der Waals surface area contributed by atoms with Crippen LogP contribution in [-0.4, -0.2) is 11.3 Å². The van der Waals surface area contributed by atoms with E-state index in [0.29, 0.717) is 16.3 Å². The van der Waals surface area contributed by atoms with Crippen molar-refractivity contribution in [2.75, 3.05) is 5.43 Å². The van der Waals surface area contributed by atoms with E-state index in [2.05, 4.69) is 10.5 Å². The molecule has 0 heterocycles. The molecule has 2 aromatic carbocycles. The summed E-state index contributed by atoms with van der Waals surface area (Å²) in [5, 5.41) is 14.1. The summed E-state index contributed by atoms with van der Waals surface area (Å²) < 4.78 is 12.7. The quantitative estimate of drug-likeness (QED) is 0.656. The van der Waals surface area contributed by atoms with Crippen LogP contribution in [0.15, 0.2) is 41.5 Å². The van der Waals surface area contributed by atoms with E-state index in [-0.39, 0.29) is 16.6 Å². The fourth-order valence-electron chi connectivity index (χ4n) is 1.39. The van der Waals surface area contributed by atoms with Crippen LogP contribution in [0.3, 0.4) is 0 Å². The van der Waals surface area contributed by atoms with Crippen molar-refractivity contribution in [2.45, 2.75) is 0 Å². The average Bonchev–Trinajstić information content (AvgIpc) is 2.37. The SMILES string of the molecule is Oc1c(Cl)cc(Cl)cc1/C=N/Nc1ccc(F)cc1. The summed E-state index contributed by atoms with van der Waals surface area (Å²) in [4.78, 5) is 0. The van der Waals surface area contributed by atoms with Crippen molar-refractivity contribution in [3.63, 3.8) is 0 Å². The van der Waals surface area contributed by atoms with E-state index in [1.807, 2.05) is 0 Å². The average molecular weight is 299 g/mol. The molecule has 0 unspecified atom stereocenters. The van der Waals surface area contributed by atoms with Crippen LogP contribution in [0.1, 0.15) is 5.56 Å². The van der Waals surface area contributed by atoms with Crippen LogP contribution in [0.5, 0.6) is 5.75 Å². The molecule has 98 valence electrons. The number of nitrogens with zero attached hydrogens (tertiary/aromatic N) is 1. The first-order chi connectivity index (χ1) is 9.06. The fourth-order valence-corrected chi connectivity index (χ4v) is 1.89. The minimum absolute atomic E-state index is 0.101. The van der Waals surface area contributed by atoms with Crippen LogP contribution in [0, 0.1) is 5.82 Å². The lowest BCUT2D eigenvalue weighted by Gasteiger charge is -2.03. The molecule has 0 amide bonds. The smallest absolute Gasteiger partial charge is 0.143 e. The molecule has 0 aliphatic carbocycles. The summed E-state index contributed by atoms with van der Waals surface area (Å²) in [6.45, 7) is 0. The summed E-state index contributed by atoms with van der Waals surface area (Å²) in [6, 6.07) is 8.66. The number of rotatable bonds is 3. The lowest BCUT2D eigenvalue weighted by atomic mass is 10.2. The maximum Gasteiger partial charge on any atom is 0.143 e. The molecule has 0 aliphatic heterocycles. The van der Waals surface area contributed by atoms with E-state index < -0.39 is 0 Å². The van der Waals surface area contributed by atoms with Gasteiger partial charge in [-0.3, -0.25) is 5.43 Å². The van der Waals surface area contributed by atoms with Gasteiger partial charge in [-0.05, 0) is 36.4 Å². The second kappa shape index (κ2) is 5.91. The minimum atomic E-state index is -0.325. The van der Waals surface area contributed by atoms with Crippen molar-refractivity contribution < 1.29 is 9.50 Å². The highest BCUT2D eigenvalue weighted by atomic mass is 35.5. The monoisotopic (exact) mass is 298 g/mol. The second-order valence-electron chi connectivity index (χ2n) is 3.70. The molecule has 2 N–H and O–H groups in total. The van der Waals surface area contributed by atoms with Crippen molar-refractivity contribution in [2.24, 2.45) is 5.10 Å². The second-order valence-corrected chi connectivity index (χ2v) is 4.55. The van der Waals surface area contributed by atoms with Gasteiger partial charge in [-0.1, -0.05) is 23.2 Å². The first-order valence-corrected chi connectivity index (χ1v) is 6.04. The number of hydrogen-bond donors (Lipinski definition) is 2. The van der Waals surface area contributed by atoms with E-state index in [1.165, 1.54) is 42.6 Å². The summed E-state index contributed by atoms with van der Waals surface area (Å²) in [5.41, 5.74) is 3.69. The predicted octanol–water partition coefficient (Wildman–Crippen LogP) is 4.28. The maximum absolute atomic E-state index is 12.7. The molecule has 3 nitrogen and oxygen atoms in total. The number of nitrogens with one attached hydrogen (secondary N) is 1. The van der Waals surface area contributed by atoms with Crippen LogP contribution in [0.25, 0.3) is 0 Å². The van der Waals surface area contributed by atoms with Crippen molar-refractivity contribution in [3.05, 3.63) is 57.8 Å². The molecule has 0 atom stereocenters. The third kappa shape index (κ3) is 3.59. The molecule has 0 saturated carbocycles. The summed E-state index contributed by atoms with van der Waals surface area (Å²) in [7, 11) is 0. The molecule has 0 spiro atoms. The Morgan fingerprint density at radius 3 is 2.53 bits per heavy atom. The van der Waals surface area contributed by atoms with Gasteiger partial charge < -0.3 is 5.11 Å². The lowest BCUT2D eigenvalue weighted by Crippen LogP contribution is -1.91. The van der Waals surface area contributed by atoms with Gasteiger partial charge in [0, 0.05) is 10.6 Å². The Morgan fingerprint density at radius 2 is 1.84 bits per heavy atom. The Kier molecular flexibility index (Phi) is 4.24. The molecule has 0 aromatic heterocycles. The van der Waals surface area contributed by atoms with Crippen LogP contribution >= 0.6 is 23.2 Å². The van der Waals surface area contributed by atoms with Crippen LogP contribution in [0.2, 0.25) is 10.0 Å². The zero-order chi connectivity index (χ0) is 13.8.